The number of rotatable bonds is 3. The standard InChI is InChI=1S/C14H15F5N2O2/c15-13(16,14(17,18)19)9-7-10(12(22)23)11(20-8-9)21-5-3-1-2-4-6-21/h7-8H,1-6H2,(H,22,23). The number of aromatic nitrogens is 1. The van der Waals surface area contributed by atoms with E-state index in [0.29, 0.717) is 25.4 Å². The summed E-state index contributed by atoms with van der Waals surface area (Å²) in [5.41, 5.74) is -2.12. The predicted molar refractivity (Wildman–Crippen MR) is 71.8 cm³/mol. The van der Waals surface area contributed by atoms with Crippen LogP contribution < -0.4 is 4.90 Å². The third kappa shape index (κ3) is 3.53. The van der Waals surface area contributed by atoms with Gasteiger partial charge in [0, 0.05) is 24.8 Å². The number of hydrogen-bond donors (Lipinski definition) is 1. The molecule has 0 spiro atoms. The summed E-state index contributed by atoms with van der Waals surface area (Å²) in [5.74, 6) is -6.81. The van der Waals surface area contributed by atoms with E-state index < -0.39 is 29.2 Å². The molecule has 1 aliphatic heterocycles. The van der Waals surface area contributed by atoms with E-state index in [9.17, 15) is 26.7 Å². The summed E-state index contributed by atoms with van der Waals surface area (Å²) in [5, 5.41) is 9.17. The number of aromatic carboxylic acids is 1. The van der Waals surface area contributed by atoms with Crippen molar-refractivity contribution in [2.75, 3.05) is 18.0 Å². The quantitative estimate of drug-likeness (QED) is 0.852. The van der Waals surface area contributed by atoms with Gasteiger partial charge in [-0.05, 0) is 18.9 Å². The van der Waals surface area contributed by atoms with E-state index in [1.165, 1.54) is 0 Å². The fourth-order valence-corrected chi connectivity index (χ4v) is 2.48. The second kappa shape index (κ2) is 6.29. The molecule has 0 aromatic carbocycles. The topological polar surface area (TPSA) is 53.4 Å². The first-order valence-corrected chi connectivity index (χ1v) is 7.08. The molecule has 1 aliphatic rings. The Morgan fingerprint density at radius 1 is 1.09 bits per heavy atom. The molecule has 1 saturated heterocycles. The summed E-state index contributed by atoms with van der Waals surface area (Å²) >= 11 is 0. The second-order valence-electron chi connectivity index (χ2n) is 5.37. The Morgan fingerprint density at radius 3 is 2.13 bits per heavy atom. The van der Waals surface area contributed by atoms with Gasteiger partial charge in [-0.1, -0.05) is 12.8 Å². The Morgan fingerprint density at radius 2 is 1.65 bits per heavy atom. The third-order valence-electron chi connectivity index (χ3n) is 3.72. The highest BCUT2D eigenvalue weighted by Crippen LogP contribution is 2.44. The van der Waals surface area contributed by atoms with Crippen LogP contribution in [0, 0.1) is 0 Å². The van der Waals surface area contributed by atoms with Gasteiger partial charge < -0.3 is 10.0 Å². The highest BCUT2D eigenvalue weighted by atomic mass is 19.4. The van der Waals surface area contributed by atoms with E-state index in [2.05, 4.69) is 4.98 Å². The third-order valence-corrected chi connectivity index (χ3v) is 3.72. The first kappa shape index (κ1) is 17.4. The Balaban J connectivity index is 2.45. The number of carbonyl (C=O) groups is 1. The lowest BCUT2D eigenvalue weighted by Gasteiger charge is -2.25. The van der Waals surface area contributed by atoms with Crippen molar-refractivity contribution in [3.63, 3.8) is 0 Å². The number of alkyl halides is 5. The fraction of sp³-hybridized carbons (Fsp3) is 0.571. The van der Waals surface area contributed by atoms with Gasteiger partial charge in [-0.25, -0.2) is 9.78 Å². The Hall–Kier alpha value is -1.93. The van der Waals surface area contributed by atoms with Gasteiger partial charge >= 0.3 is 18.1 Å². The average molecular weight is 338 g/mol. The number of carboxylic acids is 1. The maximum atomic E-state index is 13.4. The number of nitrogens with zero attached hydrogens (tertiary/aromatic N) is 2. The number of halogens is 5. The van der Waals surface area contributed by atoms with E-state index in [-0.39, 0.29) is 5.82 Å². The van der Waals surface area contributed by atoms with Crippen molar-refractivity contribution < 1.29 is 31.9 Å². The zero-order valence-corrected chi connectivity index (χ0v) is 12.0. The minimum absolute atomic E-state index is 0.0684. The van der Waals surface area contributed by atoms with Crippen molar-refractivity contribution in [3.8, 4) is 0 Å². The molecule has 1 N–H and O–H groups in total. The van der Waals surface area contributed by atoms with Gasteiger partial charge in [0.25, 0.3) is 0 Å². The molecular weight excluding hydrogens is 323 g/mol. The van der Waals surface area contributed by atoms with Crippen molar-refractivity contribution >= 4 is 11.8 Å². The van der Waals surface area contributed by atoms with Crippen LogP contribution in [-0.4, -0.2) is 35.3 Å². The molecule has 0 aliphatic carbocycles. The lowest BCUT2D eigenvalue weighted by molar-refractivity contribution is -0.289. The van der Waals surface area contributed by atoms with Crippen LogP contribution >= 0.6 is 0 Å². The summed E-state index contributed by atoms with van der Waals surface area (Å²) in [4.78, 5) is 16.5. The molecule has 0 atom stereocenters. The summed E-state index contributed by atoms with van der Waals surface area (Å²) in [7, 11) is 0. The van der Waals surface area contributed by atoms with E-state index in [1.807, 2.05) is 0 Å². The largest absolute Gasteiger partial charge is 0.478 e. The molecule has 1 aromatic heterocycles. The van der Waals surface area contributed by atoms with E-state index >= 15 is 0 Å². The van der Waals surface area contributed by atoms with Gasteiger partial charge in [0.1, 0.15) is 11.4 Å². The lowest BCUT2D eigenvalue weighted by Crippen LogP contribution is -2.34. The molecule has 1 aromatic rings. The smallest absolute Gasteiger partial charge is 0.458 e. The van der Waals surface area contributed by atoms with Gasteiger partial charge in [-0.2, -0.15) is 22.0 Å². The highest BCUT2D eigenvalue weighted by Gasteiger charge is 2.59. The summed E-state index contributed by atoms with van der Waals surface area (Å²) in [6, 6.07) is 0.364. The molecule has 9 heteroatoms. The number of carboxylic acid groups (broad SMARTS) is 1. The average Bonchev–Trinajstić information content (AvgIpc) is 2.74. The zero-order valence-electron chi connectivity index (χ0n) is 12.0. The van der Waals surface area contributed by atoms with Gasteiger partial charge in [-0.15, -0.1) is 0 Å². The fourth-order valence-electron chi connectivity index (χ4n) is 2.48. The predicted octanol–water partition coefficient (Wildman–Crippen LogP) is 3.81. The van der Waals surface area contributed by atoms with Crippen LogP contribution in [0.3, 0.4) is 0 Å². The summed E-state index contributed by atoms with van der Waals surface area (Å²) < 4.78 is 64.0. The first-order chi connectivity index (χ1) is 10.6. The van der Waals surface area contributed by atoms with Crippen LogP contribution in [0.25, 0.3) is 0 Å². The molecular formula is C14H15F5N2O2. The van der Waals surface area contributed by atoms with E-state index in [0.717, 1.165) is 25.7 Å². The summed E-state index contributed by atoms with van der Waals surface area (Å²) in [6.45, 7) is 0.977. The van der Waals surface area contributed by atoms with Gasteiger partial charge in [0.15, 0.2) is 0 Å². The number of anilines is 1. The van der Waals surface area contributed by atoms with Gasteiger partial charge in [0.05, 0.1) is 0 Å². The monoisotopic (exact) mass is 338 g/mol. The van der Waals surface area contributed by atoms with Crippen LogP contribution in [0.2, 0.25) is 0 Å². The van der Waals surface area contributed by atoms with Crippen LogP contribution in [-0.2, 0) is 5.92 Å². The summed E-state index contributed by atoms with van der Waals surface area (Å²) in [6.07, 6.45) is -1.95. The Kier molecular flexibility index (Phi) is 4.76. The first-order valence-electron chi connectivity index (χ1n) is 7.08. The molecule has 2 heterocycles. The number of hydrogen-bond acceptors (Lipinski definition) is 3. The van der Waals surface area contributed by atoms with Crippen LogP contribution in [0.15, 0.2) is 12.3 Å². The molecule has 0 radical (unpaired) electrons. The highest BCUT2D eigenvalue weighted by molar-refractivity contribution is 5.93. The van der Waals surface area contributed by atoms with Crippen molar-refractivity contribution in [3.05, 3.63) is 23.4 Å². The van der Waals surface area contributed by atoms with E-state index in [1.54, 1.807) is 4.90 Å². The molecule has 2 rings (SSSR count). The molecule has 4 nitrogen and oxygen atoms in total. The minimum Gasteiger partial charge on any atom is -0.478 e. The molecule has 0 saturated carbocycles. The Labute approximate surface area is 128 Å². The maximum Gasteiger partial charge on any atom is 0.458 e. The van der Waals surface area contributed by atoms with Crippen molar-refractivity contribution in [1.82, 2.24) is 4.98 Å². The van der Waals surface area contributed by atoms with Crippen molar-refractivity contribution in [2.45, 2.75) is 37.8 Å². The molecule has 0 unspecified atom stereocenters. The second-order valence-corrected chi connectivity index (χ2v) is 5.37. The minimum atomic E-state index is -5.81. The SMILES string of the molecule is O=C(O)c1cc(C(F)(F)C(F)(F)F)cnc1N1CCCCCC1. The van der Waals surface area contributed by atoms with Crippen molar-refractivity contribution in [1.29, 1.82) is 0 Å². The van der Waals surface area contributed by atoms with Crippen LogP contribution in [0.4, 0.5) is 27.8 Å². The Bertz CT molecular complexity index is 581. The number of pyridine rings is 1. The van der Waals surface area contributed by atoms with Gasteiger partial charge in [0.2, 0.25) is 0 Å². The van der Waals surface area contributed by atoms with Crippen LogP contribution in [0.1, 0.15) is 41.6 Å². The molecule has 128 valence electrons. The maximum absolute atomic E-state index is 13.4. The van der Waals surface area contributed by atoms with Gasteiger partial charge in [-0.3, -0.25) is 0 Å². The lowest BCUT2D eigenvalue weighted by atomic mass is 10.1. The molecule has 1 fully saturated rings. The zero-order chi connectivity index (χ0) is 17.3. The molecule has 0 bridgehead atoms. The van der Waals surface area contributed by atoms with Crippen LogP contribution in [0.5, 0.6) is 0 Å². The normalized spacial score (nSPS) is 17.0. The van der Waals surface area contributed by atoms with E-state index in [4.69, 9.17) is 5.11 Å². The van der Waals surface area contributed by atoms with Crippen molar-refractivity contribution in [2.24, 2.45) is 0 Å². The molecule has 23 heavy (non-hydrogen) atoms. The molecule has 0 amide bonds.